The van der Waals surface area contributed by atoms with Gasteiger partial charge < -0.3 is 20.5 Å². The first-order chi connectivity index (χ1) is 13.9. The number of nitrogens with zero attached hydrogens (tertiary/aromatic N) is 1. The largest absolute Gasteiger partial charge is 0.477 e. The average molecular weight is 412 g/mol. The first-order valence-electron chi connectivity index (χ1n) is 8.68. The molecule has 0 aliphatic heterocycles. The van der Waals surface area contributed by atoms with Gasteiger partial charge in [0.25, 0.3) is 0 Å². The van der Waals surface area contributed by atoms with E-state index in [0.717, 1.165) is 11.1 Å². The third-order valence-corrected chi connectivity index (χ3v) is 4.25. The lowest BCUT2D eigenvalue weighted by Gasteiger charge is -2.11. The molecule has 0 fully saturated rings. The van der Waals surface area contributed by atoms with Crippen LogP contribution in [0, 0.1) is 6.92 Å². The Morgan fingerprint density at radius 1 is 1.07 bits per heavy atom. The van der Waals surface area contributed by atoms with Gasteiger partial charge in [-0.25, -0.2) is 14.6 Å². The molecule has 0 saturated carbocycles. The Bertz CT molecular complexity index is 1040. The van der Waals surface area contributed by atoms with Crippen LogP contribution in [0.2, 0.25) is 5.02 Å². The van der Waals surface area contributed by atoms with E-state index in [2.05, 4.69) is 15.6 Å². The molecular formula is C21H18ClN3O4. The summed E-state index contributed by atoms with van der Waals surface area (Å²) in [6.45, 7) is 2.21. The molecule has 0 bridgehead atoms. The number of carbonyl (C=O) groups excluding carboxylic acids is 1. The van der Waals surface area contributed by atoms with E-state index in [1.807, 2.05) is 13.0 Å². The SMILES string of the molecule is Cc1ccc(Cl)cc1NC(=O)NCc1ccc(Oc2ccnc(C(=O)O)c2)cc1. The number of anilines is 1. The summed E-state index contributed by atoms with van der Waals surface area (Å²) < 4.78 is 5.64. The fourth-order valence-electron chi connectivity index (χ4n) is 2.48. The number of hydrogen-bond donors (Lipinski definition) is 3. The second kappa shape index (κ2) is 9.07. The molecule has 0 atom stereocenters. The number of carbonyl (C=O) groups is 2. The van der Waals surface area contributed by atoms with Gasteiger partial charge in [0.2, 0.25) is 0 Å². The maximum Gasteiger partial charge on any atom is 0.354 e. The van der Waals surface area contributed by atoms with Crippen molar-refractivity contribution < 1.29 is 19.4 Å². The van der Waals surface area contributed by atoms with Crippen LogP contribution in [0.4, 0.5) is 10.5 Å². The number of aromatic carboxylic acids is 1. The Morgan fingerprint density at radius 2 is 1.83 bits per heavy atom. The minimum Gasteiger partial charge on any atom is -0.477 e. The highest BCUT2D eigenvalue weighted by atomic mass is 35.5. The number of carboxylic acid groups (broad SMARTS) is 1. The van der Waals surface area contributed by atoms with E-state index in [-0.39, 0.29) is 11.7 Å². The number of rotatable bonds is 6. The van der Waals surface area contributed by atoms with E-state index >= 15 is 0 Å². The van der Waals surface area contributed by atoms with Gasteiger partial charge >= 0.3 is 12.0 Å². The summed E-state index contributed by atoms with van der Waals surface area (Å²) in [5, 5.41) is 15.1. The molecule has 8 heteroatoms. The van der Waals surface area contributed by atoms with Gasteiger partial charge in [-0.3, -0.25) is 0 Å². The standard InChI is InChI=1S/C21H18ClN3O4/c1-13-2-5-15(22)10-18(13)25-21(28)24-12-14-3-6-16(7-4-14)29-17-8-9-23-19(11-17)20(26)27/h2-11H,12H2,1H3,(H,26,27)(H2,24,25,28). The van der Waals surface area contributed by atoms with Crippen molar-refractivity contribution in [3.8, 4) is 11.5 Å². The number of amides is 2. The van der Waals surface area contributed by atoms with E-state index in [1.165, 1.54) is 12.3 Å². The molecule has 0 radical (unpaired) electrons. The fraction of sp³-hybridized carbons (Fsp3) is 0.0952. The molecule has 0 spiro atoms. The third-order valence-electron chi connectivity index (χ3n) is 4.01. The van der Waals surface area contributed by atoms with Gasteiger partial charge in [0, 0.05) is 29.5 Å². The number of benzene rings is 2. The summed E-state index contributed by atoms with van der Waals surface area (Å²) in [4.78, 5) is 26.8. The zero-order valence-electron chi connectivity index (χ0n) is 15.5. The summed E-state index contributed by atoms with van der Waals surface area (Å²) in [6.07, 6.45) is 1.37. The summed E-state index contributed by atoms with van der Waals surface area (Å²) in [5.41, 5.74) is 2.34. The Labute approximate surface area is 172 Å². The number of hydrogen-bond acceptors (Lipinski definition) is 4. The summed E-state index contributed by atoms with van der Waals surface area (Å²) in [6, 6.07) is 14.9. The minimum absolute atomic E-state index is 0.0933. The molecule has 0 aliphatic rings. The minimum atomic E-state index is -1.12. The monoisotopic (exact) mass is 411 g/mol. The number of pyridine rings is 1. The molecule has 2 amide bonds. The highest BCUT2D eigenvalue weighted by molar-refractivity contribution is 6.31. The van der Waals surface area contributed by atoms with Gasteiger partial charge in [-0.15, -0.1) is 0 Å². The van der Waals surface area contributed by atoms with Gasteiger partial charge in [-0.05, 0) is 48.4 Å². The van der Waals surface area contributed by atoms with Crippen LogP contribution >= 0.6 is 11.6 Å². The van der Waals surface area contributed by atoms with Crippen molar-refractivity contribution in [3.05, 3.63) is 82.6 Å². The lowest BCUT2D eigenvalue weighted by atomic mass is 10.2. The molecule has 2 aromatic carbocycles. The molecule has 3 N–H and O–H groups in total. The number of halogens is 1. The second-order valence-corrected chi connectivity index (χ2v) is 6.63. The predicted molar refractivity (Wildman–Crippen MR) is 110 cm³/mol. The Morgan fingerprint density at radius 3 is 2.55 bits per heavy atom. The van der Waals surface area contributed by atoms with Crippen molar-refractivity contribution in [3.63, 3.8) is 0 Å². The fourth-order valence-corrected chi connectivity index (χ4v) is 2.65. The van der Waals surface area contributed by atoms with E-state index in [4.69, 9.17) is 21.4 Å². The molecule has 29 heavy (non-hydrogen) atoms. The van der Waals surface area contributed by atoms with E-state index in [9.17, 15) is 9.59 Å². The number of aryl methyl sites for hydroxylation is 1. The van der Waals surface area contributed by atoms with Gasteiger partial charge in [0.15, 0.2) is 5.69 Å². The number of nitrogens with one attached hydrogen (secondary N) is 2. The van der Waals surface area contributed by atoms with Crippen molar-refractivity contribution in [2.24, 2.45) is 0 Å². The third kappa shape index (κ3) is 5.70. The van der Waals surface area contributed by atoms with Crippen molar-refractivity contribution >= 4 is 29.3 Å². The maximum absolute atomic E-state index is 12.1. The molecule has 148 valence electrons. The normalized spacial score (nSPS) is 10.3. The van der Waals surface area contributed by atoms with Crippen LogP contribution in [-0.2, 0) is 6.54 Å². The van der Waals surface area contributed by atoms with Crippen LogP contribution in [0.1, 0.15) is 21.6 Å². The second-order valence-electron chi connectivity index (χ2n) is 6.19. The van der Waals surface area contributed by atoms with Crippen LogP contribution in [0.5, 0.6) is 11.5 Å². The number of aromatic nitrogens is 1. The van der Waals surface area contributed by atoms with Crippen molar-refractivity contribution in [1.82, 2.24) is 10.3 Å². The Balaban J connectivity index is 1.55. The lowest BCUT2D eigenvalue weighted by Crippen LogP contribution is -2.28. The topological polar surface area (TPSA) is 101 Å². The Kier molecular flexibility index (Phi) is 6.31. The summed E-state index contributed by atoms with van der Waals surface area (Å²) >= 11 is 5.95. The molecule has 0 saturated heterocycles. The quantitative estimate of drug-likeness (QED) is 0.538. The van der Waals surface area contributed by atoms with E-state index in [0.29, 0.717) is 28.8 Å². The van der Waals surface area contributed by atoms with Gasteiger partial charge in [0.05, 0.1) is 0 Å². The molecular weight excluding hydrogens is 394 g/mol. The van der Waals surface area contributed by atoms with Crippen LogP contribution in [0.25, 0.3) is 0 Å². The van der Waals surface area contributed by atoms with Gasteiger partial charge in [-0.2, -0.15) is 0 Å². The lowest BCUT2D eigenvalue weighted by molar-refractivity contribution is 0.0690. The first-order valence-corrected chi connectivity index (χ1v) is 9.05. The zero-order chi connectivity index (χ0) is 20.8. The van der Waals surface area contributed by atoms with Crippen molar-refractivity contribution in [1.29, 1.82) is 0 Å². The van der Waals surface area contributed by atoms with Crippen LogP contribution in [-0.4, -0.2) is 22.1 Å². The zero-order valence-corrected chi connectivity index (χ0v) is 16.2. The van der Waals surface area contributed by atoms with E-state index < -0.39 is 5.97 Å². The van der Waals surface area contributed by atoms with Crippen molar-refractivity contribution in [2.75, 3.05) is 5.32 Å². The van der Waals surface area contributed by atoms with Crippen LogP contribution in [0.15, 0.2) is 60.8 Å². The molecule has 3 aromatic rings. The molecule has 0 aliphatic carbocycles. The average Bonchev–Trinajstić information content (AvgIpc) is 2.70. The van der Waals surface area contributed by atoms with Gasteiger partial charge in [-0.1, -0.05) is 29.8 Å². The smallest absolute Gasteiger partial charge is 0.354 e. The van der Waals surface area contributed by atoms with E-state index in [1.54, 1.807) is 42.5 Å². The number of ether oxygens (including phenoxy) is 1. The highest BCUT2D eigenvalue weighted by Gasteiger charge is 2.07. The Hall–Kier alpha value is -3.58. The van der Waals surface area contributed by atoms with Crippen molar-refractivity contribution in [2.45, 2.75) is 13.5 Å². The molecule has 1 heterocycles. The van der Waals surface area contributed by atoms with Crippen LogP contribution in [0.3, 0.4) is 0 Å². The first kappa shape index (κ1) is 20.2. The summed E-state index contributed by atoms with van der Waals surface area (Å²) in [7, 11) is 0. The molecule has 0 unspecified atom stereocenters. The molecule has 1 aromatic heterocycles. The van der Waals surface area contributed by atoms with Crippen LogP contribution < -0.4 is 15.4 Å². The molecule has 3 rings (SSSR count). The maximum atomic E-state index is 12.1. The highest BCUT2D eigenvalue weighted by Crippen LogP contribution is 2.22. The predicted octanol–water partition coefficient (Wildman–Crippen LogP) is 4.86. The van der Waals surface area contributed by atoms with Gasteiger partial charge in [0.1, 0.15) is 11.5 Å². The number of carboxylic acids is 1. The summed E-state index contributed by atoms with van der Waals surface area (Å²) in [5.74, 6) is -0.210. The molecule has 7 nitrogen and oxygen atoms in total. The number of urea groups is 1.